The number of carbonyl (C=O) groups excluding carboxylic acids is 1. The first kappa shape index (κ1) is 16.0. The van der Waals surface area contributed by atoms with Crippen molar-refractivity contribution in [2.24, 2.45) is 0 Å². The van der Waals surface area contributed by atoms with Gasteiger partial charge in [0.25, 0.3) is 5.91 Å². The zero-order valence-corrected chi connectivity index (χ0v) is 14.7. The summed E-state index contributed by atoms with van der Waals surface area (Å²) >= 11 is 6.16. The summed E-state index contributed by atoms with van der Waals surface area (Å²) in [7, 11) is 1.57. The van der Waals surface area contributed by atoms with Gasteiger partial charge in [-0.25, -0.2) is 0 Å². The third-order valence-electron chi connectivity index (χ3n) is 5.01. The molecule has 1 saturated carbocycles. The maximum Gasteiger partial charge on any atom is 0.255 e. The third kappa shape index (κ3) is 2.87. The summed E-state index contributed by atoms with van der Waals surface area (Å²) in [5.41, 5.74) is 2.84. The number of hydrogen-bond donors (Lipinski definition) is 2. The molecule has 1 aliphatic rings. The maximum atomic E-state index is 12.6. The normalized spacial score (nSPS) is 15.1. The predicted molar refractivity (Wildman–Crippen MR) is 99.5 cm³/mol. The summed E-state index contributed by atoms with van der Waals surface area (Å²) in [4.78, 5) is 15.9. The number of ether oxygens (including phenoxy) is 1. The van der Waals surface area contributed by atoms with Gasteiger partial charge in [-0.15, -0.1) is 0 Å². The van der Waals surface area contributed by atoms with Gasteiger partial charge >= 0.3 is 0 Å². The molecule has 1 amide bonds. The second-order valence-corrected chi connectivity index (χ2v) is 6.99. The summed E-state index contributed by atoms with van der Waals surface area (Å²) < 4.78 is 5.28. The van der Waals surface area contributed by atoms with Crippen LogP contribution in [0.4, 0.5) is 0 Å². The number of halogens is 1. The van der Waals surface area contributed by atoms with Crippen molar-refractivity contribution in [3.8, 4) is 5.75 Å². The smallest absolute Gasteiger partial charge is 0.255 e. The van der Waals surface area contributed by atoms with Crippen LogP contribution in [0.1, 0.15) is 28.8 Å². The number of benzene rings is 2. The molecule has 2 aromatic carbocycles. The van der Waals surface area contributed by atoms with Crippen LogP contribution in [0.2, 0.25) is 5.02 Å². The van der Waals surface area contributed by atoms with Crippen molar-refractivity contribution < 1.29 is 9.53 Å². The van der Waals surface area contributed by atoms with E-state index in [1.807, 2.05) is 36.5 Å². The molecule has 0 atom stereocenters. The van der Waals surface area contributed by atoms with Crippen molar-refractivity contribution in [1.82, 2.24) is 10.3 Å². The zero-order chi connectivity index (χ0) is 17.4. The molecule has 0 aliphatic heterocycles. The molecule has 4 rings (SSSR count). The highest BCUT2D eigenvalue weighted by Gasteiger charge is 2.46. The van der Waals surface area contributed by atoms with Crippen LogP contribution < -0.4 is 10.1 Å². The van der Waals surface area contributed by atoms with Gasteiger partial charge < -0.3 is 15.0 Å². The summed E-state index contributed by atoms with van der Waals surface area (Å²) in [6.07, 6.45) is 4.15. The minimum atomic E-state index is -0.110. The fourth-order valence-electron chi connectivity index (χ4n) is 3.40. The molecule has 25 heavy (non-hydrogen) atoms. The van der Waals surface area contributed by atoms with Crippen LogP contribution >= 0.6 is 11.6 Å². The predicted octanol–water partition coefficient (Wildman–Crippen LogP) is 4.29. The van der Waals surface area contributed by atoms with Gasteiger partial charge in [-0.3, -0.25) is 4.79 Å². The number of methoxy groups -OCH3 is 1. The number of amides is 1. The van der Waals surface area contributed by atoms with E-state index in [1.165, 1.54) is 5.56 Å². The van der Waals surface area contributed by atoms with E-state index in [4.69, 9.17) is 16.3 Å². The molecule has 0 unspecified atom stereocenters. The Bertz CT molecular complexity index is 944. The summed E-state index contributed by atoms with van der Waals surface area (Å²) in [5.74, 6) is 0.477. The topological polar surface area (TPSA) is 54.1 Å². The molecular formula is C20H19ClN2O2. The Hall–Kier alpha value is -2.46. The number of aromatic nitrogens is 1. The van der Waals surface area contributed by atoms with E-state index in [9.17, 15) is 4.79 Å². The van der Waals surface area contributed by atoms with Crippen molar-refractivity contribution in [3.63, 3.8) is 0 Å². The van der Waals surface area contributed by atoms with Crippen LogP contribution in [-0.4, -0.2) is 24.5 Å². The Balaban J connectivity index is 1.56. The van der Waals surface area contributed by atoms with Crippen molar-refractivity contribution in [3.05, 3.63) is 64.8 Å². The third-order valence-corrected chi connectivity index (χ3v) is 5.24. The molecule has 1 fully saturated rings. The second-order valence-electron chi connectivity index (χ2n) is 6.56. The molecule has 0 bridgehead atoms. The van der Waals surface area contributed by atoms with E-state index < -0.39 is 0 Å². The largest absolute Gasteiger partial charge is 0.496 e. The fourth-order valence-corrected chi connectivity index (χ4v) is 3.57. The van der Waals surface area contributed by atoms with E-state index >= 15 is 0 Å². The molecule has 1 heterocycles. The van der Waals surface area contributed by atoms with E-state index in [0.29, 0.717) is 17.9 Å². The van der Waals surface area contributed by atoms with Gasteiger partial charge in [0.2, 0.25) is 0 Å². The van der Waals surface area contributed by atoms with Gasteiger partial charge in [-0.05, 0) is 48.7 Å². The fraction of sp³-hybridized carbons (Fsp3) is 0.250. The van der Waals surface area contributed by atoms with E-state index in [1.54, 1.807) is 19.2 Å². The maximum absolute atomic E-state index is 12.6. The van der Waals surface area contributed by atoms with E-state index in [-0.39, 0.29) is 11.3 Å². The molecular weight excluding hydrogens is 336 g/mol. The molecule has 128 valence electrons. The number of carbonyl (C=O) groups is 1. The lowest BCUT2D eigenvalue weighted by Gasteiger charge is -2.16. The highest BCUT2D eigenvalue weighted by molar-refractivity contribution is 6.31. The molecule has 0 radical (unpaired) electrons. The summed E-state index contributed by atoms with van der Waals surface area (Å²) in [5, 5.41) is 4.94. The molecule has 5 heteroatoms. The quantitative estimate of drug-likeness (QED) is 0.718. The van der Waals surface area contributed by atoms with Gasteiger partial charge in [-0.1, -0.05) is 23.7 Å². The van der Waals surface area contributed by atoms with Crippen LogP contribution in [0.5, 0.6) is 5.75 Å². The van der Waals surface area contributed by atoms with Crippen molar-refractivity contribution >= 4 is 28.4 Å². The van der Waals surface area contributed by atoms with Crippen molar-refractivity contribution in [1.29, 1.82) is 0 Å². The number of fused-ring (bicyclic) bond motifs is 1. The SMILES string of the molecule is COc1ccccc1C(=O)NCC1(c2c[nH]c3ccc(Cl)cc23)CC1. The van der Waals surface area contributed by atoms with Gasteiger partial charge in [-0.2, -0.15) is 0 Å². The molecule has 4 nitrogen and oxygen atoms in total. The molecule has 0 saturated heterocycles. The number of H-pyrrole nitrogens is 1. The van der Waals surface area contributed by atoms with Gasteiger partial charge in [0, 0.05) is 34.1 Å². The first-order valence-electron chi connectivity index (χ1n) is 8.31. The highest BCUT2D eigenvalue weighted by Crippen LogP contribution is 2.50. The highest BCUT2D eigenvalue weighted by atomic mass is 35.5. The van der Waals surface area contributed by atoms with Crippen molar-refractivity contribution in [2.45, 2.75) is 18.3 Å². The van der Waals surface area contributed by atoms with Crippen LogP contribution in [0.15, 0.2) is 48.7 Å². The first-order valence-corrected chi connectivity index (χ1v) is 8.69. The monoisotopic (exact) mass is 354 g/mol. The minimum absolute atomic E-state index is 0.0133. The van der Waals surface area contributed by atoms with E-state index in [0.717, 1.165) is 28.8 Å². The lowest BCUT2D eigenvalue weighted by molar-refractivity contribution is 0.0946. The van der Waals surface area contributed by atoms with Crippen LogP contribution in [0.3, 0.4) is 0 Å². The van der Waals surface area contributed by atoms with Gasteiger partial charge in [0.15, 0.2) is 0 Å². The van der Waals surface area contributed by atoms with Crippen LogP contribution in [0, 0.1) is 0 Å². The zero-order valence-electron chi connectivity index (χ0n) is 13.9. The first-order chi connectivity index (χ1) is 12.1. The average Bonchev–Trinajstić information content (AvgIpc) is 3.31. The molecule has 1 aromatic heterocycles. The molecule has 0 spiro atoms. The lowest BCUT2D eigenvalue weighted by atomic mass is 9.95. The minimum Gasteiger partial charge on any atom is -0.496 e. The average molecular weight is 355 g/mol. The standard InChI is InChI=1S/C20H19ClN2O2/c1-25-18-5-3-2-4-14(18)19(24)23-12-20(8-9-20)16-11-22-17-7-6-13(21)10-15(16)17/h2-7,10-11,22H,8-9,12H2,1H3,(H,23,24). The molecule has 1 aliphatic carbocycles. The number of para-hydroxylation sites is 1. The Kier molecular flexibility index (Phi) is 3.92. The van der Waals surface area contributed by atoms with Gasteiger partial charge in [0.05, 0.1) is 12.7 Å². The van der Waals surface area contributed by atoms with E-state index in [2.05, 4.69) is 10.3 Å². The van der Waals surface area contributed by atoms with Crippen LogP contribution in [-0.2, 0) is 5.41 Å². The number of nitrogens with one attached hydrogen (secondary N) is 2. The summed E-state index contributed by atoms with van der Waals surface area (Å²) in [6, 6.07) is 13.1. The van der Waals surface area contributed by atoms with Crippen molar-refractivity contribution in [2.75, 3.05) is 13.7 Å². The Morgan fingerprint density at radius 1 is 1.28 bits per heavy atom. The number of rotatable bonds is 5. The molecule has 2 N–H and O–H groups in total. The molecule has 3 aromatic rings. The second kappa shape index (κ2) is 6.12. The number of aromatic amines is 1. The Morgan fingerprint density at radius 2 is 2.08 bits per heavy atom. The van der Waals surface area contributed by atoms with Gasteiger partial charge in [0.1, 0.15) is 5.75 Å². The van der Waals surface area contributed by atoms with Crippen LogP contribution in [0.25, 0.3) is 10.9 Å². The Labute approximate surface area is 151 Å². The summed E-state index contributed by atoms with van der Waals surface area (Å²) in [6.45, 7) is 0.601. The Morgan fingerprint density at radius 3 is 2.84 bits per heavy atom. The number of hydrogen-bond acceptors (Lipinski definition) is 2. The lowest BCUT2D eigenvalue weighted by Crippen LogP contribution is -2.32.